The lowest BCUT2D eigenvalue weighted by Crippen LogP contribution is -2.38. The van der Waals surface area contributed by atoms with Crippen molar-refractivity contribution in [1.29, 1.82) is 5.26 Å². The number of nitrogens with zero attached hydrogens (tertiary/aromatic N) is 3. The minimum atomic E-state index is -0.258. The molecule has 0 aliphatic carbocycles. The van der Waals surface area contributed by atoms with E-state index in [1.54, 1.807) is 0 Å². The number of hydrogen-bond donors (Lipinski definition) is 0. The quantitative estimate of drug-likeness (QED) is 0.852. The molecule has 0 unspecified atom stereocenters. The summed E-state index contributed by atoms with van der Waals surface area (Å²) >= 11 is 0. The van der Waals surface area contributed by atoms with Crippen molar-refractivity contribution in [3.8, 4) is 6.07 Å². The van der Waals surface area contributed by atoms with Crippen LogP contribution in [0.1, 0.15) is 36.8 Å². The van der Waals surface area contributed by atoms with Crippen molar-refractivity contribution in [3.63, 3.8) is 0 Å². The monoisotopic (exact) mass is 325 g/mol. The molecule has 0 saturated carbocycles. The Labute approximate surface area is 142 Å². The molecule has 5 heteroatoms. The number of carbonyl (C=O) groups is 1. The number of nitriles is 1. The number of amides is 1. The average Bonchev–Trinajstić information content (AvgIpc) is 3.33. The van der Waals surface area contributed by atoms with Crippen LogP contribution in [0.5, 0.6) is 0 Å². The van der Waals surface area contributed by atoms with Gasteiger partial charge < -0.3 is 9.64 Å². The number of fused-ring (bicyclic) bond motifs is 1. The molecular formula is C19H23N3O2. The predicted molar refractivity (Wildman–Crippen MR) is 89.1 cm³/mol. The fourth-order valence-electron chi connectivity index (χ4n) is 4.30. The van der Waals surface area contributed by atoms with Crippen LogP contribution >= 0.6 is 0 Å². The van der Waals surface area contributed by atoms with Crippen molar-refractivity contribution < 1.29 is 9.53 Å². The molecule has 0 bridgehead atoms. The molecule has 3 atom stereocenters. The Morgan fingerprint density at radius 3 is 2.92 bits per heavy atom. The van der Waals surface area contributed by atoms with Gasteiger partial charge in [0.15, 0.2) is 0 Å². The molecule has 1 amide bonds. The first-order valence-corrected chi connectivity index (χ1v) is 8.92. The van der Waals surface area contributed by atoms with E-state index in [1.807, 2.05) is 23.1 Å². The first kappa shape index (κ1) is 15.6. The Kier molecular flexibility index (Phi) is 4.26. The van der Waals surface area contributed by atoms with Crippen LogP contribution in [0.3, 0.4) is 0 Å². The van der Waals surface area contributed by atoms with E-state index in [0.717, 1.165) is 57.4 Å². The number of hydrogen-bond acceptors (Lipinski definition) is 4. The minimum Gasteiger partial charge on any atom is -0.363 e. The average molecular weight is 325 g/mol. The molecule has 0 N–H and O–H groups in total. The third-order valence-corrected chi connectivity index (χ3v) is 5.53. The molecular weight excluding hydrogens is 302 g/mol. The zero-order valence-electron chi connectivity index (χ0n) is 13.9. The largest absolute Gasteiger partial charge is 0.363 e. The number of rotatable bonds is 3. The summed E-state index contributed by atoms with van der Waals surface area (Å²) in [6.45, 7) is 3.60. The molecule has 0 radical (unpaired) electrons. The van der Waals surface area contributed by atoms with Crippen LogP contribution in [0.4, 0.5) is 0 Å². The molecule has 24 heavy (non-hydrogen) atoms. The van der Waals surface area contributed by atoms with Crippen molar-refractivity contribution >= 4 is 5.91 Å². The lowest BCUT2D eigenvalue weighted by molar-refractivity contribution is -0.141. The van der Waals surface area contributed by atoms with Crippen molar-refractivity contribution in [2.45, 2.75) is 50.5 Å². The van der Waals surface area contributed by atoms with Gasteiger partial charge in [0.2, 0.25) is 0 Å². The molecule has 3 aliphatic rings. The number of carbonyl (C=O) groups excluding carboxylic acids is 1. The molecule has 3 heterocycles. The van der Waals surface area contributed by atoms with Crippen molar-refractivity contribution in [1.82, 2.24) is 9.80 Å². The van der Waals surface area contributed by atoms with E-state index in [-0.39, 0.29) is 18.1 Å². The van der Waals surface area contributed by atoms with E-state index in [9.17, 15) is 4.79 Å². The molecule has 4 rings (SSSR count). The Balaban J connectivity index is 1.41. The molecule has 0 spiro atoms. The maximum Gasteiger partial charge on any atom is 0.251 e. The highest BCUT2D eigenvalue weighted by molar-refractivity contribution is 5.81. The smallest absolute Gasteiger partial charge is 0.251 e. The van der Waals surface area contributed by atoms with Crippen molar-refractivity contribution in [2.24, 2.45) is 0 Å². The third kappa shape index (κ3) is 2.92. The summed E-state index contributed by atoms with van der Waals surface area (Å²) in [5.41, 5.74) is 1.86. The Hall–Kier alpha value is -1.90. The highest BCUT2D eigenvalue weighted by Gasteiger charge is 2.46. The molecule has 3 aliphatic heterocycles. The second-order valence-corrected chi connectivity index (χ2v) is 7.07. The standard InChI is InChI=1S/C19H23N3O2/c20-12-14-4-3-5-15(10-14)13-22-9-6-17-16(22)11-18(24-17)19(23)21-7-1-2-8-21/h3-5,10,16-18H,1-2,6-9,11,13H2/t16-,17-,18+/m0/s1. The summed E-state index contributed by atoms with van der Waals surface area (Å²) in [6.07, 6.45) is 3.95. The maximum atomic E-state index is 12.6. The molecule has 126 valence electrons. The van der Waals surface area contributed by atoms with Crippen LogP contribution in [0.25, 0.3) is 0 Å². The van der Waals surface area contributed by atoms with Crippen LogP contribution in [-0.2, 0) is 16.1 Å². The fraction of sp³-hybridized carbons (Fsp3) is 0.579. The van der Waals surface area contributed by atoms with E-state index in [1.165, 1.54) is 0 Å². The normalized spacial score (nSPS) is 29.6. The van der Waals surface area contributed by atoms with Crippen molar-refractivity contribution in [2.75, 3.05) is 19.6 Å². The zero-order valence-corrected chi connectivity index (χ0v) is 13.9. The first-order chi connectivity index (χ1) is 11.7. The van der Waals surface area contributed by atoms with Gasteiger partial charge in [0.1, 0.15) is 6.10 Å². The molecule has 3 saturated heterocycles. The summed E-state index contributed by atoms with van der Waals surface area (Å²) in [7, 11) is 0. The molecule has 1 aromatic rings. The third-order valence-electron chi connectivity index (χ3n) is 5.53. The second-order valence-electron chi connectivity index (χ2n) is 7.07. The van der Waals surface area contributed by atoms with Gasteiger partial charge in [-0.3, -0.25) is 9.69 Å². The van der Waals surface area contributed by atoms with Gasteiger partial charge in [-0.05, 0) is 37.0 Å². The summed E-state index contributed by atoms with van der Waals surface area (Å²) < 4.78 is 6.09. The zero-order chi connectivity index (χ0) is 16.5. The first-order valence-electron chi connectivity index (χ1n) is 8.92. The van der Waals surface area contributed by atoms with Crippen LogP contribution in [0, 0.1) is 11.3 Å². The van der Waals surface area contributed by atoms with Crippen LogP contribution in [0.15, 0.2) is 24.3 Å². The fourth-order valence-corrected chi connectivity index (χ4v) is 4.30. The summed E-state index contributed by atoms with van der Waals surface area (Å²) in [5.74, 6) is 0.188. The Morgan fingerprint density at radius 2 is 2.12 bits per heavy atom. The van der Waals surface area contributed by atoms with Crippen LogP contribution < -0.4 is 0 Å². The Morgan fingerprint density at radius 1 is 1.29 bits per heavy atom. The number of ether oxygens (including phenoxy) is 1. The molecule has 1 aromatic carbocycles. The van der Waals surface area contributed by atoms with Crippen LogP contribution in [0.2, 0.25) is 0 Å². The van der Waals surface area contributed by atoms with E-state index in [2.05, 4.69) is 17.0 Å². The predicted octanol–water partition coefficient (Wildman–Crippen LogP) is 1.91. The highest BCUT2D eigenvalue weighted by Crippen LogP contribution is 2.35. The van der Waals surface area contributed by atoms with Gasteiger partial charge in [-0.1, -0.05) is 12.1 Å². The van der Waals surface area contributed by atoms with Crippen LogP contribution in [-0.4, -0.2) is 53.6 Å². The van der Waals surface area contributed by atoms with Gasteiger partial charge in [-0.2, -0.15) is 5.26 Å². The van der Waals surface area contributed by atoms with Gasteiger partial charge in [0.05, 0.1) is 17.7 Å². The molecule has 0 aromatic heterocycles. The highest BCUT2D eigenvalue weighted by atomic mass is 16.5. The number of benzene rings is 1. The van der Waals surface area contributed by atoms with Gasteiger partial charge in [0.25, 0.3) is 5.91 Å². The number of likely N-dealkylation sites (tertiary alicyclic amines) is 2. The topological polar surface area (TPSA) is 56.6 Å². The lowest BCUT2D eigenvalue weighted by atomic mass is 10.1. The minimum absolute atomic E-state index is 0.181. The molecule has 5 nitrogen and oxygen atoms in total. The van der Waals surface area contributed by atoms with Gasteiger partial charge in [-0.25, -0.2) is 0 Å². The summed E-state index contributed by atoms with van der Waals surface area (Å²) in [4.78, 5) is 17.0. The van der Waals surface area contributed by atoms with E-state index in [4.69, 9.17) is 10.00 Å². The Bertz CT molecular complexity index is 663. The van der Waals surface area contributed by atoms with E-state index >= 15 is 0 Å². The summed E-state index contributed by atoms with van der Waals surface area (Å²) in [5, 5.41) is 9.05. The van der Waals surface area contributed by atoms with Crippen molar-refractivity contribution in [3.05, 3.63) is 35.4 Å². The maximum absolute atomic E-state index is 12.6. The van der Waals surface area contributed by atoms with E-state index < -0.39 is 0 Å². The second kappa shape index (κ2) is 6.54. The van der Waals surface area contributed by atoms with Gasteiger partial charge in [0, 0.05) is 38.6 Å². The van der Waals surface area contributed by atoms with Gasteiger partial charge >= 0.3 is 0 Å². The summed E-state index contributed by atoms with van der Waals surface area (Å²) in [6, 6.07) is 10.3. The van der Waals surface area contributed by atoms with Gasteiger partial charge in [-0.15, -0.1) is 0 Å². The SMILES string of the molecule is N#Cc1cccc(CN2CC[C@@H]3O[C@@H](C(=O)N4CCCC4)C[C@@H]32)c1. The molecule has 3 fully saturated rings. The lowest BCUT2D eigenvalue weighted by Gasteiger charge is -2.23. The van der Waals surface area contributed by atoms with E-state index in [0.29, 0.717) is 11.6 Å².